The number of aryl methyl sites for hydroxylation is 1. The van der Waals surface area contributed by atoms with Gasteiger partial charge < -0.3 is 4.74 Å². The molecule has 2 nitrogen and oxygen atoms in total. The van der Waals surface area contributed by atoms with Gasteiger partial charge in [0.15, 0.2) is 0 Å². The Morgan fingerprint density at radius 3 is 1.86 bits per heavy atom. The molecule has 0 radical (unpaired) electrons. The van der Waals surface area contributed by atoms with Crippen molar-refractivity contribution in [1.82, 2.24) is 0 Å². The van der Waals surface area contributed by atoms with Crippen LogP contribution in [0.3, 0.4) is 0 Å². The van der Waals surface area contributed by atoms with Crippen LogP contribution in [0, 0.1) is 0 Å². The molecule has 158 valence electrons. The molecule has 2 aromatic rings. The lowest BCUT2D eigenvalue weighted by molar-refractivity contribution is 0.0734. The van der Waals surface area contributed by atoms with Crippen LogP contribution in [0.4, 0.5) is 0 Å². The van der Waals surface area contributed by atoms with Crippen LogP contribution >= 0.6 is 0 Å². The summed E-state index contributed by atoms with van der Waals surface area (Å²) in [7, 11) is 0. The summed E-state index contributed by atoms with van der Waals surface area (Å²) in [6.45, 7) is 8.77. The molecule has 0 unspecified atom stereocenters. The number of carbonyl (C=O) groups is 1. The Kier molecular flexibility index (Phi) is 9.44. The SMILES string of the molecule is CCCCCCCCCCc1ccc(C(=O)Oc2ccc(C(C)(C)C)cc2)cc1. The van der Waals surface area contributed by atoms with E-state index in [4.69, 9.17) is 4.74 Å². The molecule has 0 heterocycles. The summed E-state index contributed by atoms with van der Waals surface area (Å²) in [5.41, 5.74) is 3.21. The predicted octanol–water partition coefficient (Wildman–Crippen LogP) is 7.89. The summed E-state index contributed by atoms with van der Waals surface area (Å²) in [4.78, 5) is 12.4. The van der Waals surface area contributed by atoms with Gasteiger partial charge in [-0.25, -0.2) is 4.79 Å². The zero-order valence-corrected chi connectivity index (χ0v) is 18.8. The number of unbranched alkanes of at least 4 members (excludes halogenated alkanes) is 7. The van der Waals surface area contributed by atoms with Crippen LogP contribution in [-0.2, 0) is 11.8 Å². The third kappa shape index (κ3) is 8.43. The van der Waals surface area contributed by atoms with E-state index < -0.39 is 0 Å². The third-order valence-corrected chi connectivity index (χ3v) is 5.44. The molecular formula is C27H38O2. The number of esters is 1. The molecule has 2 heteroatoms. The van der Waals surface area contributed by atoms with Gasteiger partial charge in [0.1, 0.15) is 5.75 Å². The summed E-state index contributed by atoms with van der Waals surface area (Å²) in [6, 6.07) is 15.7. The quantitative estimate of drug-likeness (QED) is 0.220. The lowest BCUT2D eigenvalue weighted by atomic mass is 9.87. The van der Waals surface area contributed by atoms with E-state index in [1.54, 1.807) is 0 Å². The minimum Gasteiger partial charge on any atom is -0.423 e. The van der Waals surface area contributed by atoms with Crippen molar-refractivity contribution in [3.05, 3.63) is 65.2 Å². The molecule has 0 aliphatic carbocycles. The van der Waals surface area contributed by atoms with E-state index in [1.165, 1.54) is 62.5 Å². The molecule has 0 spiro atoms. The summed E-state index contributed by atoms with van der Waals surface area (Å²) < 4.78 is 5.52. The van der Waals surface area contributed by atoms with E-state index in [1.807, 2.05) is 36.4 Å². The zero-order valence-electron chi connectivity index (χ0n) is 18.8. The summed E-state index contributed by atoms with van der Waals surface area (Å²) >= 11 is 0. The highest BCUT2D eigenvalue weighted by Gasteiger charge is 2.14. The highest BCUT2D eigenvalue weighted by atomic mass is 16.5. The fourth-order valence-corrected chi connectivity index (χ4v) is 3.46. The Bertz CT molecular complexity index is 721. The number of hydrogen-bond acceptors (Lipinski definition) is 2. The van der Waals surface area contributed by atoms with Gasteiger partial charge in [0, 0.05) is 0 Å². The van der Waals surface area contributed by atoms with Gasteiger partial charge in [-0.3, -0.25) is 0 Å². The highest BCUT2D eigenvalue weighted by molar-refractivity contribution is 5.91. The lowest BCUT2D eigenvalue weighted by Crippen LogP contribution is -2.11. The van der Waals surface area contributed by atoms with Gasteiger partial charge in [-0.15, -0.1) is 0 Å². The fourth-order valence-electron chi connectivity index (χ4n) is 3.46. The van der Waals surface area contributed by atoms with Crippen molar-refractivity contribution >= 4 is 5.97 Å². The Hall–Kier alpha value is -2.09. The number of ether oxygens (including phenoxy) is 1. The van der Waals surface area contributed by atoms with Crippen molar-refractivity contribution in [3.63, 3.8) is 0 Å². The predicted molar refractivity (Wildman–Crippen MR) is 123 cm³/mol. The first kappa shape index (κ1) is 23.2. The molecule has 0 saturated heterocycles. The van der Waals surface area contributed by atoms with Gasteiger partial charge in [0.05, 0.1) is 5.56 Å². The van der Waals surface area contributed by atoms with Crippen LogP contribution in [0.5, 0.6) is 5.75 Å². The van der Waals surface area contributed by atoms with Gasteiger partial charge in [-0.2, -0.15) is 0 Å². The summed E-state index contributed by atoms with van der Waals surface area (Å²) in [5, 5.41) is 0. The number of carbonyl (C=O) groups excluding carboxylic acids is 1. The van der Waals surface area contributed by atoms with Crippen LogP contribution in [-0.4, -0.2) is 5.97 Å². The Morgan fingerprint density at radius 2 is 1.31 bits per heavy atom. The molecule has 2 rings (SSSR count). The topological polar surface area (TPSA) is 26.3 Å². The zero-order chi connectivity index (χ0) is 21.1. The van der Waals surface area contributed by atoms with Crippen LogP contribution in [0.1, 0.15) is 101 Å². The molecule has 0 aliphatic heterocycles. The average molecular weight is 395 g/mol. The molecule has 0 atom stereocenters. The van der Waals surface area contributed by atoms with E-state index in [2.05, 4.69) is 39.8 Å². The average Bonchev–Trinajstić information content (AvgIpc) is 2.70. The van der Waals surface area contributed by atoms with Crippen molar-refractivity contribution in [1.29, 1.82) is 0 Å². The van der Waals surface area contributed by atoms with Gasteiger partial charge in [-0.05, 0) is 53.6 Å². The third-order valence-electron chi connectivity index (χ3n) is 5.44. The molecule has 0 fully saturated rings. The van der Waals surface area contributed by atoms with E-state index >= 15 is 0 Å². The second-order valence-corrected chi connectivity index (χ2v) is 9.09. The van der Waals surface area contributed by atoms with Gasteiger partial charge in [0.25, 0.3) is 0 Å². The minimum absolute atomic E-state index is 0.0907. The normalized spacial score (nSPS) is 11.4. The van der Waals surface area contributed by atoms with Crippen LogP contribution in [0.2, 0.25) is 0 Å². The second-order valence-electron chi connectivity index (χ2n) is 9.09. The summed E-state index contributed by atoms with van der Waals surface area (Å²) in [6.07, 6.45) is 11.7. The summed E-state index contributed by atoms with van der Waals surface area (Å²) in [5.74, 6) is 0.290. The first-order chi connectivity index (χ1) is 13.9. The maximum Gasteiger partial charge on any atom is 0.343 e. The Balaban J connectivity index is 1.74. The monoisotopic (exact) mass is 394 g/mol. The number of benzene rings is 2. The molecular weight excluding hydrogens is 356 g/mol. The van der Waals surface area contributed by atoms with E-state index in [0.717, 1.165) is 6.42 Å². The van der Waals surface area contributed by atoms with E-state index in [-0.39, 0.29) is 11.4 Å². The molecule has 2 aromatic carbocycles. The number of hydrogen-bond donors (Lipinski definition) is 0. The molecule has 0 aliphatic rings. The minimum atomic E-state index is -0.299. The van der Waals surface area contributed by atoms with Crippen molar-refractivity contribution in [2.24, 2.45) is 0 Å². The van der Waals surface area contributed by atoms with Gasteiger partial charge >= 0.3 is 5.97 Å². The highest BCUT2D eigenvalue weighted by Crippen LogP contribution is 2.24. The molecule has 0 bridgehead atoms. The number of rotatable bonds is 11. The van der Waals surface area contributed by atoms with E-state index in [0.29, 0.717) is 11.3 Å². The first-order valence-electron chi connectivity index (χ1n) is 11.3. The van der Waals surface area contributed by atoms with Crippen LogP contribution in [0.15, 0.2) is 48.5 Å². The smallest absolute Gasteiger partial charge is 0.343 e. The maximum absolute atomic E-state index is 12.4. The van der Waals surface area contributed by atoms with Crippen molar-refractivity contribution in [2.75, 3.05) is 0 Å². The van der Waals surface area contributed by atoms with Crippen LogP contribution in [0.25, 0.3) is 0 Å². The molecule has 29 heavy (non-hydrogen) atoms. The Labute approximate surface area is 177 Å². The van der Waals surface area contributed by atoms with Crippen molar-refractivity contribution in [3.8, 4) is 5.75 Å². The van der Waals surface area contributed by atoms with E-state index in [9.17, 15) is 4.79 Å². The Morgan fingerprint density at radius 1 is 0.759 bits per heavy atom. The molecule has 0 saturated carbocycles. The first-order valence-corrected chi connectivity index (χ1v) is 11.3. The van der Waals surface area contributed by atoms with Crippen LogP contribution < -0.4 is 4.74 Å². The molecule has 0 aromatic heterocycles. The molecule has 0 N–H and O–H groups in total. The maximum atomic E-state index is 12.4. The van der Waals surface area contributed by atoms with Gasteiger partial charge in [0.2, 0.25) is 0 Å². The second kappa shape index (κ2) is 11.8. The standard InChI is InChI=1S/C27H38O2/c1-5-6-7-8-9-10-11-12-13-22-14-16-23(17-15-22)26(28)29-25-20-18-24(19-21-25)27(2,3)4/h14-21H,5-13H2,1-4H3. The largest absolute Gasteiger partial charge is 0.423 e. The van der Waals surface area contributed by atoms with Gasteiger partial charge in [-0.1, -0.05) is 96.9 Å². The molecule has 0 amide bonds. The van der Waals surface area contributed by atoms with Crippen molar-refractivity contribution < 1.29 is 9.53 Å². The fraction of sp³-hybridized carbons (Fsp3) is 0.519. The lowest BCUT2D eigenvalue weighted by Gasteiger charge is -2.19. The van der Waals surface area contributed by atoms with Crippen molar-refractivity contribution in [2.45, 2.75) is 90.9 Å².